The molecule has 1 aromatic rings. The summed E-state index contributed by atoms with van der Waals surface area (Å²) in [6.45, 7) is 1.99. The predicted molar refractivity (Wildman–Crippen MR) is 57.6 cm³/mol. The van der Waals surface area contributed by atoms with E-state index in [-0.39, 0.29) is 17.4 Å². The molecule has 0 aliphatic heterocycles. The molecular formula is C11H14FNO3. The van der Waals surface area contributed by atoms with Crippen LogP contribution in [0, 0.1) is 5.82 Å². The Bertz CT molecular complexity index is 381. The van der Waals surface area contributed by atoms with Crippen molar-refractivity contribution < 1.29 is 18.7 Å². The molecule has 0 aliphatic rings. The Kier molecular flexibility index (Phi) is 4.25. The lowest BCUT2D eigenvalue weighted by atomic mass is 10.2. The Labute approximate surface area is 93.2 Å². The Morgan fingerprint density at radius 1 is 1.56 bits per heavy atom. The largest absolute Gasteiger partial charge is 0.457 e. The fourth-order valence-electron chi connectivity index (χ4n) is 1.23. The van der Waals surface area contributed by atoms with Gasteiger partial charge in [-0.15, -0.1) is 0 Å². The minimum Gasteiger partial charge on any atom is -0.457 e. The molecule has 0 radical (unpaired) electrons. The number of nitrogens with two attached hydrogens (primary N) is 1. The Hall–Kier alpha value is -1.62. The SMILES string of the molecule is COCC(C)OC(=O)c1ccc(F)cc1N. The van der Waals surface area contributed by atoms with Crippen LogP contribution >= 0.6 is 0 Å². The van der Waals surface area contributed by atoms with Gasteiger partial charge >= 0.3 is 5.97 Å². The van der Waals surface area contributed by atoms with E-state index in [2.05, 4.69) is 0 Å². The molecule has 16 heavy (non-hydrogen) atoms. The van der Waals surface area contributed by atoms with E-state index in [9.17, 15) is 9.18 Å². The summed E-state index contributed by atoms with van der Waals surface area (Å²) in [4.78, 5) is 11.6. The molecule has 1 atom stereocenters. The molecule has 0 fully saturated rings. The molecule has 4 nitrogen and oxygen atoms in total. The van der Waals surface area contributed by atoms with Gasteiger partial charge in [-0.25, -0.2) is 9.18 Å². The second-order valence-electron chi connectivity index (χ2n) is 3.40. The molecular weight excluding hydrogens is 213 g/mol. The van der Waals surface area contributed by atoms with E-state index >= 15 is 0 Å². The van der Waals surface area contributed by atoms with Gasteiger partial charge in [0.1, 0.15) is 11.9 Å². The molecule has 0 saturated heterocycles. The molecule has 0 heterocycles. The fourth-order valence-corrected chi connectivity index (χ4v) is 1.23. The first-order valence-electron chi connectivity index (χ1n) is 4.79. The number of hydrogen-bond donors (Lipinski definition) is 1. The van der Waals surface area contributed by atoms with Crippen LogP contribution in [-0.2, 0) is 9.47 Å². The minimum atomic E-state index is -0.581. The van der Waals surface area contributed by atoms with Crippen molar-refractivity contribution >= 4 is 11.7 Å². The Morgan fingerprint density at radius 3 is 2.81 bits per heavy atom. The van der Waals surface area contributed by atoms with Crippen molar-refractivity contribution in [1.82, 2.24) is 0 Å². The lowest BCUT2D eigenvalue weighted by Gasteiger charge is -2.12. The van der Waals surface area contributed by atoms with E-state index in [1.165, 1.54) is 13.2 Å². The molecule has 0 aromatic heterocycles. The molecule has 1 unspecified atom stereocenters. The Balaban J connectivity index is 2.73. The minimum absolute atomic E-state index is 0.0645. The van der Waals surface area contributed by atoms with Crippen LogP contribution in [0.4, 0.5) is 10.1 Å². The van der Waals surface area contributed by atoms with Gasteiger partial charge in [0.05, 0.1) is 12.2 Å². The zero-order valence-electron chi connectivity index (χ0n) is 9.20. The molecule has 1 rings (SSSR count). The lowest BCUT2D eigenvalue weighted by Crippen LogP contribution is -2.20. The zero-order valence-corrected chi connectivity index (χ0v) is 9.20. The monoisotopic (exact) mass is 227 g/mol. The molecule has 0 aliphatic carbocycles. The standard InChI is InChI=1S/C11H14FNO3/c1-7(6-15-2)16-11(14)9-4-3-8(12)5-10(9)13/h3-5,7H,6,13H2,1-2H3. The van der Waals surface area contributed by atoms with Crippen LogP contribution < -0.4 is 5.73 Å². The first kappa shape index (κ1) is 12.4. The highest BCUT2D eigenvalue weighted by Crippen LogP contribution is 2.15. The van der Waals surface area contributed by atoms with Crippen LogP contribution in [0.1, 0.15) is 17.3 Å². The van der Waals surface area contributed by atoms with Crippen LogP contribution in [0.15, 0.2) is 18.2 Å². The third-order valence-corrected chi connectivity index (χ3v) is 1.94. The lowest BCUT2D eigenvalue weighted by molar-refractivity contribution is 0.0121. The van der Waals surface area contributed by atoms with E-state index in [1.807, 2.05) is 0 Å². The topological polar surface area (TPSA) is 61.5 Å². The maximum Gasteiger partial charge on any atom is 0.340 e. The molecule has 0 amide bonds. The summed E-state index contributed by atoms with van der Waals surface area (Å²) >= 11 is 0. The second-order valence-corrected chi connectivity index (χ2v) is 3.40. The fraction of sp³-hybridized carbons (Fsp3) is 0.364. The summed E-state index contributed by atoms with van der Waals surface area (Å²) in [5.41, 5.74) is 5.72. The van der Waals surface area contributed by atoms with E-state index in [0.717, 1.165) is 12.1 Å². The third-order valence-electron chi connectivity index (χ3n) is 1.94. The molecule has 0 saturated carbocycles. The first-order chi connectivity index (χ1) is 7.54. The van der Waals surface area contributed by atoms with Crippen molar-refractivity contribution in [2.45, 2.75) is 13.0 Å². The average Bonchev–Trinajstić information content (AvgIpc) is 2.17. The van der Waals surface area contributed by atoms with Gasteiger partial charge in [0.25, 0.3) is 0 Å². The number of benzene rings is 1. The van der Waals surface area contributed by atoms with E-state index in [4.69, 9.17) is 15.2 Å². The number of anilines is 1. The third kappa shape index (κ3) is 3.20. The van der Waals surface area contributed by atoms with Gasteiger partial charge in [-0.2, -0.15) is 0 Å². The molecule has 5 heteroatoms. The van der Waals surface area contributed by atoms with Crippen molar-refractivity contribution in [2.24, 2.45) is 0 Å². The van der Waals surface area contributed by atoms with Gasteiger partial charge < -0.3 is 15.2 Å². The normalized spacial score (nSPS) is 12.2. The number of methoxy groups -OCH3 is 1. The maximum absolute atomic E-state index is 12.7. The number of ether oxygens (including phenoxy) is 2. The number of esters is 1. The summed E-state index contributed by atoms with van der Waals surface area (Å²) < 4.78 is 22.6. The summed E-state index contributed by atoms with van der Waals surface area (Å²) in [6.07, 6.45) is -0.373. The summed E-state index contributed by atoms with van der Waals surface area (Å²) in [7, 11) is 1.51. The van der Waals surface area contributed by atoms with Crippen LogP contribution in [0.5, 0.6) is 0 Å². The summed E-state index contributed by atoms with van der Waals surface area (Å²) in [6, 6.07) is 3.54. The van der Waals surface area contributed by atoms with Gasteiger partial charge in [-0.3, -0.25) is 0 Å². The number of rotatable bonds is 4. The zero-order chi connectivity index (χ0) is 12.1. The predicted octanol–water partition coefficient (Wildman–Crippen LogP) is 1.60. The molecule has 0 bridgehead atoms. The summed E-state index contributed by atoms with van der Waals surface area (Å²) in [5, 5.41) is 0. The number of carbonyl (C=O) groups is 1. The van der Waals surface area contributed by atoms with Crippen molar-refractivity contribution in [3.8, 4) is 0 Å². The van der Waals surface area contributed by atoms with Crippen molar-refractivity contribution in [3.63, 3.8) is 0 Å². The molecule has 88 valence electrons. The van der Waals surface area contributed by atoms with Crippen LogP contribution in [-0.4, -0.2) is 25.8 Å². The maximum atomic E-state index is 12.7. The summed E-state index contributed by atoms with van der Waals surface area (Å²) in [5.74, 6) is -1.07. The van der Waals surface area contributed by atoms with Gasteiger partial charge in [0.2, 0.25) is 0 Å². The first-order valence-corrected chi connectivity index (χ1v) is 4.79. The van der Waals surface area contributed by atoms with Gasteiger partial charge in [-0.1, -0.05) is 0 Å². The van der Waals surface area contributed by atoms with Crippen LogP contribution in [0.25, 0.3) is 0 Å². The highest BCUT2D eigenvalue weighted by atomic mass is 19.1. The van der Waals surface area contributed by atoms with Crippen molar-refractivity contribution in [1.29, 1.82) is 0 Å². The van der Waals surface area contributed by atoms with Crippen LogP contribution in [0.2, 0.25) is 0 Å². The van der Waals surface area contributed by atoms with Crippen LogP contribution in [0.3, 0.4) is 0 Å². The Morgan fingerprint density at radius 2 is 2.25 bits per heavy atom. The molecule has 1 aromatic carbocycles. The number of halogens is 1. The quantitative estimate of drug-likeness (QED) is 0.627. The molecule has 2 N–H and O–H groups in total. The van der Waals surface area contributed by atoms with Gasteiger partial charge in [0, 0.05) is 12.8 Å². The smallest absolute Gasteiger partial charge is 0.340 e. The molecule has 0 spiro atoms. The number of nitrogen functional groups attached to an aromatic ring is 1. The van der Waals surface area contributed by atoms with Gasteiger partial charge in [0.15, 0.2) is 0 Å². The van der Waals surface area contributed by atoms with E-state index in [1.54, 1.807) is 6.92 Å². The second kappa shape index (κ2) is 5.46. The van der Waals surface area contributed by atoms with E-state index < -0.39 is 11.8 Å². The van der Waals surface area contributed by atoms with Crippen molar-refractivity contribution in [2.75, 3.05) is 19.5 Å². The van der Waals surface area contributed by atoms with Crippen molar-refractivity contribution in [3.05, 3.63) is 29.6 Å². The highest BCUT2D eigenvalue weighted by Gasteiger charge is 2.14. The number of carbonyl (C=O) groups excluding carboxylic acids is 1. The average molecular weight is 227 g/mol. The highest BCUT2D eigenvalue weighted by molar-refractivity contribution is 5.95. The van der Waals surface area contributed by atoms with E-state index in [0.29, 0.717) is 6.61 Å². The van der Waals surface area contributed by atoms with Gasteiger partial charge in [-0.05, 0) is 25.1 Å². The number of hydrogen-bond acceptors (Lipinski definition) is 4.